The molecule has 0 aliphatic heterocycles. The minimum atomic E-state index is -0.107. The lowest BCUT2D eigenvalue weighted by molar-refractivity contribution is 0.660. The number of benzene rings is 10. The van der Waals surface area contributed by atoms with Gasteiger partial charge < -0.3 is 8.98 Å². The van der Waals surface area contributed by atoms with Crippen LogP contribution in [0.2, 0.25) is 0 Å². The Hall–Kier alpha value is -9.39. The minimum Gasteiger partial charge on any atom is -0.456 e. The molecule has 10 aromatic carbocycles. The molecule has 6 heteroatoms. The van der Waals surface area contributed by atoms with Gasteiger partial charge in [-0.3, -0.25) is 4.57 Å². The molecule has 0 bridgehead atoms. The van der Waals surface area contributed by atoms with Gasteiger partial charge in [0.1, 0.15) is 11.2 Å². The summed E-state index contributed by atoms with van der Waals surface area (Å²) in [5.74, 6) is 1.66. The van der Waals surface area contributed by atoms with Crippen molar-refractivity contribution in [1.29, 1.82) is 0 Å². The number of fused-ring (bicyclic) bond motifs is 12. The number of nitrogens with zero attached hydrogens (tertiary/aromatic N) is 5. The fourth-order valence-corrected chi connectivity index (χ4v) is 11.9. The van der Waals surface area contributed by atoms with Gasteiger partial charge in [0.05, 0.1) is 22.1 Å². The zero-order chi connectivity index (χ0) is 47.7. The first-order valence-electron chi connectivity index (χ1n) is 24.6. The van der Waals surface area contributed by atoms with Gasteiger partial charge in [0.25, 0.3) is 0 Å². The molecule has 0 N–H and O–H groups in total. The first-order valence-corrected chi connectivity index (χ1v) is 24.6. The molecular formula is C66H43N5O. The Morgan fingerprint density at radius 3 is 1.76 bits per heavy atom. The largest absolute Gasteiger partial charge is 0.456 e. The van der Waals surface area contributed by atoms with Crippen molar-refractivity contribution in [3.63, 3.8) is 0 Å². The lowest BCUT2D eigenvalue weighted by Crippen LogP contribution is -2.14. The molecule has 0 spiro atoms. The lowest BCUT2D eigenvalue weighted by atomic mass is 9.82. The zero-order valence-electron chi connectivity index (χ0n) is 39.5. The van der Waals surface area contributed by atoms with Gasteiger partial charge in [-0.05, 0) is 93.5 Å². The Labute approximate surface area is 414 Å². The maximum Gasteiger partial charge on any atom is 0.238 e. The van der Waals surface area contributed by atoms with Crippen molar-refractivity contribution in [1.82, 2.24) is 24.1 Å². The predicted octanol–water partition coefficient (Wildman–Crippen LogP) is 16.9. The molecule has 14 aromatic rings. The second-order valence-electron chi connectivity index (χ2n) is 19.5. The van der Waals surface area contributed by atoms with Crippen LogP contribution in [-0.4, -0.2) is 24.1 Å². The van der Waals surface area contributed by atoms with Crippen molar-refractivity contribution in [2.24, 2.45) is 0 Å². The molecule has 0 fully saturated rings. The van der Waals surface area contributed by atoms with E-state index in [1.54, 1.807) is 0 Å². The number of hydrogen-bond acceptors (Lipinski definition) is 4. The van der Waals surface area contributed by atoms with E-state index in [9.17, 15) is 0 Å². The Morgan fingerprint density at radius 1 is 0.361 bits per heavy atom. The van der Waals surface area contributed by atoms with E-state index >= 15 is 0 Å². The Bertz CT molecular complexity index is 4500. The van der Waals surface area contributed by atoms with Crippen LogP contribution in [0.5, 0.6) is 0 Å². The lowest BCUT2D eigenvalue weighted by Gasteiger charge is -2.21. The second-order valence-corrected chi connectivity index (χ2v) is 19.5. The van der Waals surface area contributed by atoms with Crippen molar-refractivity contribution < 1.29 is 4.42 Å². The van der Waals surface area contributed by atoms with Gasteiger partial charge in [-0.25, -0.2) is 4.98 Å². The van der Waals surface area contributed by atoms with Crippen molar-refractivity contribution >= 4 is 65.6 Å². The van der Waals surface area contributed by atoms with Crippen molar-refractivity contribution in [2.75, 3.05) is 0 Å². The van der Waals surface area contributed by atoms with E-state index in [0.717, 1.165) is 82.7 Å². The predicted molar refractivity (Wildman–Crippen MR) is 295 cm³/mol. The van der Waals surface area contributed by atoms with E-state index in [-0.39, 0.29) is 5.41 Å². The molecule has 0 saturated heterocycles. The third-order valence-electron chi connectivity index (χ3n) is 15.2. The molecule has 6 nitrogen and oxygen atoms in total. The van der Waals surface area contributed by atoms with Gasteiger partial charge >= 0.3 is 0 Å². The van der Waals surface area contributed by atoms with Gasteiger partial charge in [0.15, 0.2) is 11.6 Å². The highest BCUT2D eigenvalue weighted by Crippen LogP contribution is 2.52. The summed E-state index contributed by atoms with van der Waals surface area (Å²) in [5, 5.41) is 6.76. The van der Waals surface area contributed by atoms with E-state index in [1.807, 2.05) is 36.4 Å². The molecule has 0 unspecified atom stereocenters. The van der Waals surface area contributed by atoms with E-state index in [1.165, 1.54) is 44.2 Å². The smallest absolute Gasteiger partial charge is 0.238 e. The van der Waals surface area contributed by atoms with Crippen molar-refractivity contribution in [3.05, 3.63) is 236 Å². The maximum absolute atomic E-state index is 6.42. The second kappa shape index (κ2) is 15.3. The van der Waals surface area contributed by atoms with Crippen molar-refractivity contribution in [2.45, 2.75) is 19.3 Å². The summed E-state index contributed by atoms with van der Waals surface area (Å²) in [5.41, 5.74) is 18.6. The average Bonchev–Trinajstić information content (AvgIpc) is 4.15. The molecule has 72 heavy (non-hydrogen) atoms. The first-order chi connectivity index (χ1) is 35.5. The summed E-state index contributed by atoms with van der Waals surface area (Å²) in [6.45, 7) is 4.69. The Morgan fingerprint density at radius 2 is 0.944 bits per heavy atom. The number of hydrogen-bond donors (Lipinski definition) is 0. The van der Waals surface area contributed by atoms with Crippen molar-refractivity contribution in [3.8, 4) is 67.8 Å². The Balaban J connectivity index is 0.999. The highest BCUT2D eigenvalue weighted by Gasteiger charge is 2.36. The third kappa shape index (κ3) is 5.93. The Kier molecular flexibility index (Phi) is 8.61. The van der Waals surface area contributed by atoms with Crippen LogP contribution in [0.3, 0.4) is 0 Å². The van der Waals surface area contributed by atoms with E-state index < -0.39 is 0 Å². The summed E-state index contributed by atoms with van der Waals surface area (Å²) in [6, 6.07) is 80.3. The normalized spacial score (nSPS) is 13.0. The summed E-state index contributed by atoms with van der Waals surface area (Å²) < 4.78 is 11.1. The molecule has 0 atom stereocenters. The fourth-order valence-electron chi connectivity index (χ4n) is 11.9. The van der Waals surface area contributed by atoms with Gasteiger partial charge in [-0.1, -0.05) is 184 Å². The molecule has 0 saturated carbocycles. The third-order valence-corrected chi connectivity index (χ3v) is 15.2. The van der Waals surface area contributed by atoms with Crippen LogP contribution in [0.25, 0.3) is 133 Å². The standard InChI is InChI=1S/C66H43N5O/c1-66(2)54-28-10-6-24-52(54)61-45(25-16-29-55(61)66)41-19-14-20-42(37-41)46-26-15-27-51-53-39-44(70-56-30-11-7-21-47(56)48-22-8-12-31-57(48)70)34-36-58(53)71(62(46)51)65-68-63(40-17-4-3-5-18-40)67-64(69-65)43-33-35-50-49-23-9-13-32-59(49)72-60(50)38-43/h3-39H,1-2H3. The number of furan rings is 1. The van der Waals surface area contributed by atoms with Crippen LogP contribution in [0.15, 0.2) is 229 Å². The SMILES string of the molecule is CC1(C)c2ccccc2-c2c(-c3cccc(-c4cccc5c6cc(-n7c8ccccc8c8ccccc87)ccc6n(-c6nc(-c7ccccc7)nc(-c7ccc8c(c7)oc7ccccc78)n6)c45)c3)cccc21. The molecule has 338 valence electrons. The molecule has 4 heterocycles. The van der Waals surface area contributed by atoms with Crippen LogP contribution < -0.4 is 0 Å². The molecule has 1 aliphatic carbocycles. The van der Waals surface area contributed by atoms with Gasteiger partial charge in [-0.2, -0.15) is 9.97 Å². The van der Waals surface area contributed by atoms with Crippen LogP contribution in [0.4, 0.5) is 0 Å². The fraction of sp³-hybridized carbons (Fsp3) is 0.0455. The van der Waals surface area contributed by atoms with Crippen LogP contribution in [0.1, 0.15) is 25.0 Å². The van der Waals surface area contributed by atoms with E-state index in [2.05, 4.69) is 211 Å². The van der Waals surface area contributed by atoms with Gasteiger partial charge in [-0.15, -0.1) is 0 Å². The average molecular weight is 922 g/mol. The highest BCUT2D eigenvalue weighted by molar-refractivity contribution is 6.15. The monoisotopic (exact) mass is 921 g/mol. The number of aromatic nitrogens is 5. The molecule has 1 aliphatic rings. The summed E-state index contributed by atoms with van der Waals surface area (Å²) in [6.07, 6.45) is 0. The maximum atomic E-state index is 6.42. The topological polar surface area (TPSA) is 61.7 Å². The molecule has 15 rings (SSSR count). The molecule has 0 radical (unpaired) electrons. The van der Waals surface area contributed by atoms with E-state index in [4.69, 9.17) is 19.4 Å². The van der Waals surface area contributed by atoms with Gasteiger partial charge in [0, 0.05) is 60.1 Å². The first kappa shape index (κ1) is 40.5. The van der Waals surface area contributed by atoms with Gasteiger partial charge in [0.2, 0.25) is 5.95 Å². The highest BCUT2D eigenvalue weighted by atomic mass is 16.3. The molecule has 4 aromatic heterocycles. The minimum absolute atomic E-state index is 0.107. The molecule has 0 amide bonds. The zero-order valence-corrected chi connectivity index (χ0v) is 39.5. The number of para-hydroxylation sites is 4. The van der Waals surface area contributed by atoms with Crippen LogP contribution in [-0.2, 0) is 5.41 Å². The van der Waals surface area contributed by atoms with Crippen LogP contribution in [0, 0.1) is 0 Å². The summed E-state index contributed by atoms with van der Waals surface area (Å²) in [7, 11) is 0. The number of rotatable bonds is 6. The summed E-state index contributed by atoms with van der Waals surface area (Å²) in [4.78, 5) is 16.1. The molecular weight excluding hydrogens is 879 g/mol. The quantitative estimate of drug-likeness (QED) is 0.167. The summed E-state index contributed by atoms with van der Waals surface area (Å²) >= 11 is 0. The van der Waals surface area contributed by atoms with Crippen LogP contribution >= 0.6 is 0 Å². The van der Waals surface area contributed by atoms with E-state index in [0.29, 0.717) is 17.6 Å².